The van der Waals surface area contributed by atoms with E-state index in [1.807, 2.05) is 42.5 Å². The van der Waals surface area contributed by atoms with Crippen LogP contribution < -0.4 is 10.6 Å². The molecule has 3 aromatic rings. The van der Waals surface area contributed by atoms with Gasteiger partial charge in [-0.1, -0.05) is 98.6 Å². The van der Waals surface area contributed by atoms with Crippen LogP contribution >= 0.6 is 0 Å². The van der Waals surface area contributed by atoms with Crippen LogP contribution in [0, 0.1) is 5.92 Å². The fraction of sp³-hybridized carbons (Fsp3) is 0.310. The van der Waals surface area contributed by atoms with Crippen molar-refractivity contribution in [2.24, 2.45) is 10.9 Å². The first-order valence-corrected chi connectivity index (χ1v) is 12.0. The molecule has 1 aliphatic rings. The van der Waals surface area contributed by atoms with Crippen molar-refractivity contribution >= 4 is 17.4 Å². The number of nitrogens with one attached hydrogen (secondary N) is 2. The molecule has 0 radical (unpaired) electrons. The van der Waals surface area contributed by atoms with Gasteiger partial charge in [0.05, 0.1) is 11.5 Å². The van der Waals surface area contributed by atoms with Crippen molar-refractivity contribution in [3.05, 3.63) is 102 Å². The Morgan fingerprint density at radius 2 is 1.48 bits per heavy atom. The molecule has 0 aromatic heterocycles. The quantitative estimate of drug-likeness (QED) is 0.442. The van der Waals surface area contributed by atoms with E-state index in [0.29, 0.717) is 0 Å². The van der Waals surface area contributed by atoms with Crippen LogP contribution in [0.15, 0.2) is 96.0 Å². The van der Waals surface area contributed by atoms with Gasteiger partial charge < -0.3 is 10.6 Å². The highest BCUT2D eigenvalue weighted by Crippen LogP contribution is 2.36. The van der Waals surface area contributed by atoms with Gasteiger partial charge in [0.15, 0.2) is 0 Å². The van der Waals surface area contributed by atoms with E-state index >= 15 is 0 Å². The van der Waals surface area contributed by atoms with Crippen molar-refractivity contribution in [1.82, 2.24) is 5.32 Å². The molecule has 4 nitrogen and oxygen atoms in total. The number of amides is 1. The zero-order valence-corrected chi connectivity index (χ0v) is 19.3. The summed E-state index contributed by atoms with van der Waals surface area (Å²) in [7, 11) is 0. The molecule has 4 rings (SSSR count). The Hall–Kier alpha value is -3.40. The number of rotatable bonds is 8. The van der Waals surface area contributed by atoms with Gasteiger partial charge >= 0.3 is 0 Å². The minimum absolute atomic E-state index is 0.00216. The van der Waals surface area contributed by atoms with E-state index in [2.05, 4.69) is 66.1 Å². The van der Waals surface area contributed by atoms with Gasteiger partial charge in [0, 0.05) is 12.2 Å². The summed E-state index contributed by atoms with van der Waals surface area (Å²) in [6, 6.07) is 30.8. The molecule has 0 aliphatic carbocycles. The number of amidine groups is 1. The Bertz CT molecular complexity index is 1010. The number of carbonyl (C=O) groups is 1. The number of para-hydroxylation sites is 1. The van der Waals surface area contributed by atoms with E-state index in [-0.39, 0.29) is 11.8 Å². The van der Waals surface area contributed by atoms with E-state index in [1.165, 1.54) is 11.1 Å². The smallest absolute Gasteiger partial charge is 0.235 e. The zero-order chi connectivity index (χ0) is 22.9. The van der Waals surface area contributed by atoms with E-state index in [1.54, 1.807) is 0 Å². The molecule has 170 valence electrons. The number of hydrogen-bond donors (Lipinski definition) is 2. The normalized spacial score (nSPS) is 16.0. The largest absolute Gasteiger partial charge is 0.360 e. The van der Waals surface area contributed by atoms with Gasteiger partial charge in [0.2, 0.25) is 5.91 Å². The molecule has 3 aromatic carbocycles. The van der Waals surface area contributed by atoms with Crippen molar-refractivity contribution < 1.29 is 4.79 Å². The van der Waals surface area contributed by atoms with Crippen LogP contribution in [0.2, 0.25) is 0 Å². The highest BCUT2D eigenvalue weighted by atomic mass is 16.1. The summed E-state index contributed by atoms with van der Waals surface area (Å²) < 4.78 is 0. The molecule has 0 fully saturated rings. The topological polar surface area (TPSA) is 53.5 Å². The Morgan fingerprint density at radius 1 is 0.909 bits per heavy atom. The minimum Gasteiger partial charge on any atom is -0.360 e. The molecule has 33 heavy (non-hydrogen) atoms. The predicted molar refractivity (Wildman–Crippen MR) is 136 cm³/mol. The Balaban J connectivity index is 1.71. The average Bonchev–Trinajstić information content (AvgIpc) is 2.88. The van der Waals surface area contributed by atoms with Gasteiger partial charge in [-0.2, -0.15) is 0 Å². The van der Waals surface area contributed by atoms with Crippen molar-refractivity contribution in [1.29, 1.82) is 0 Å². The van der Waals surface area contributed by atoms with E-state index in [0.717, 1.165) is 50.2 Å². The van der Waals surface area contributed by atoms with Crippen molar-refractivity contribution in [2.75, 3.05) is 11.9 Å². The molecule has 0 saturated carbocycles. The summed E-state index contributed by atoms with van der Waals surface area (Å²) >= 11 is 0. The van der Waals surface area contributed by atoms with Gasteiger partial charge in [-0.3, -0.25) is 9.79 Å². The van der Waals surface area contributed by atoms with Crippen LogP contribution in [0.5, 0.6) is 0 Å². The molecular weight excluding hydrogens is 406 g/mol. The second-order valence-corrected chi connectivity index (χ2v) is 8.68. The summed E-state index contributed by atoms with van der Waals surface area (Å²) in [4.78, 5) is 18.2. The predicted octanol–water partition coefficient (Wildman–Crippen LogP) is 6.16. The lowest BCUT2D eigenvalue weighted by Crippen LogP contribution is -2.52. The van der Waals surface area contributed by atoms with Gasteiger partial charge in [-0.25, -0.2) is 0 Å². The molecular formula is C29H33N3O. The molecule has 0 saturated heterocycles. The Labute approximate surface area is 197 Å². The maximum Gasteiger partial charge on any atom is 0.235 e. The standard InChI is InChI=1S/C29H33N3O/c1-2-3-21-29(23-14-7-4-8-15-23,24-16-9-5-10-17-24)32-27-26(20-13-22-30-27)28(33)31-25-18-11-6-12-19-25/h4-12,14-19,26H,2-3,13,20-22H2,1H3,(H,30,32)(H,31,33). The first kappa shape index (κ1) is 22.8. The maximum atomic E-state index is 13.3. The first-order chi connectivity index (χ1) is 16.2. The van der Waals surface area contributed by atoms with Crippen LogP contribution in [-0.4, -0.2) is 18.3 Å². The third-order valence-corrected chi connectivity index (χ3v) is 6.40. The third-order valence-electron chi connectivity index (χ3n) is 6.40. The molecule has 4 heteroatoms. The SMILES string of the molecule is CCCCC(NC1=NCCCC1C(=O)Nc1ccccc1)(c1ccccc1)c1ccccc1. The molecule has 1 heterocycles. The second kappa shape index (κ2) is 11.0. The lowest BCUT2D eigenvalue weighted by molar-refractivity contribution is -0.118. The fourth-order valence-corrected chi connectivity index (χ4v) is 4.64. The number of benzene rings is 3. The van der Waals surface area contributed by atoms with Crippen LogP contribution in [0.3, 0.4) is 0 Å². The van der Waals surface area contributed by atoms with Crippen LogP contribution in [0.1, 0.15) is 50.2 Å². The van der Waals surface area contributed by atoms with E-state index < -0.39 is 5.54 Å². The first-order valence-electron chi connectivity index (χ1n) is 12.0. The monoisotopic (exact) mass is 439 g/mol. The van der Waals surface area contributed by atoms with Crippen molar-refractivity contribution in [3.63, 3.8) is 0 Å². The lowest BCUT2D eigenvalue weighted by Gasteiger charge is -2.39. The zero-order valence-electron chi connectivity index (χ0n) is 19.3. The number of hydrogen-bond acceptors (Lipinski definition) is 3. The number of carbonyl (C=O) groups excluding carboxylic acids is 1. The lowest BCUT2D eigenvalue weighted by atomic mass is 9.78. The summed E-state index contributed by atoms with van der Waals surface area (Å²) in [6.07, 6.45) is 4.77. The number of anilines is 1. The molecule has 2 N–H and O–H groups in total. The fourth-order valence-electron chi connectivity index (χ4n) is 4.64. The molecule has 0 bridgehead atoms. The highest BCUT2D eigenvalue weighted by molar-refractivity contribution is 6.09. The average molecular weight is 440 g/mol. The van der Waals surface area contributed by atoms with E-state index in [9.17, 15) is 4.79 Å². The third kappa shape index (κ3) is 5.33. The van der Waals surface area contributed by atoms with Crippen LogP contribution in [0.25, 0.3) is 0 Å². The summed E-state index contributed by atoms with van der Waals surface area (Å²) in [5.74, 6) is 0.489. The summed E-state index contributed by atoms with van der Waals surface area (Å²) in [6.45, 7) is 2.96. The van der Waals surface area contributed by atoms with E-state index in [4.69, 9.17) is 4.99 Å². The Kier molecular flexibility index (Phi) is 7.56. The van der Waals surface area contributed by atoms with Crippen molar-refractivity contribution in [2.45, 2.75) is 44.6 Å². The number of aliphatic imine (C=N–C) groups is 1. The van der Waals surface area contributed by atoms with Crippen molar-refractivity contribution in [3.8, 4) is 0 Å². The van der Waals surface area contributed by atoms with Gasteiger partial charge in [0.25, 0.3) is 0 Å². The van der Waals surface area contributed by atoms with Crippen LogP contribution in [-0.2, 0) is 10.3 Å². The highest BCUT2D eigenvalue weighted by Gasteiger charge is 2.38. The van der Waals surface area contributed by atoms with Gasteiger partial charge in [0.1, 0.15) is 5.84 Å². The minimum atomic E-state index is -0.444. The second-order valence-electron chi connectivity index (χ2n) is 8.68. The Morgan fingerprint density at radius 3 is 2.06 bits per heavy atom. The van der Waals surface area contributed by atoms with Gasteiger partial charge in [-0.15, -0.1) is 0 Å². The number of unbranched alkanes of at least 4 members (excludes halogenated alkanes) is 1. The molecule has 1 aliphatic heterocycles. The van der Waals surface area contributed by atoms with Crippen LogP contribution in [0.4, 0.5) is 5.69 Å². The van der Waals surface area contributed by atoms with Gasteiger partial charge in [-0.05, 0) is 42.5 Å². The molecule has 0 spiro atoms. The summed E-state index contributed by atoms with van der Waals surface area (Å²) in [5, 5.41) is 6.93. The summed E-state index contributed by atoms with van der Waals surface area (Å²) in [5.41, 5.74) is 2.76. The number of nitrogens with zero attached hydrogens (tertiary/aromatic N) is 1. The molecule has 1 unspecified atom stereocenters. The molecule has 1 amide bonds. The maximum absolute atomic E-state index is 13.3. The molecule has 1 atom stereocenters.